The summed E-state index contributed by atoms with van der Waals surface area (Å²) in [6.45, 7) is 4.77. The standard InChI is InChI=1S/C21H23N3O3/c1-27-17-6-4-5-16(15-17)23-12-9-22(10-13-23)11-14-24-20(25)18-7-2-3-8-19(18)21(24)26/h2-8,15H,9-14H2,1H3. The molecule has 2 aromatic rings. The van der Waals surface area contributed by atoms with Crippen molar-refractivity contribution < 1.29 is 14.3 Å². The predicted octanol–water partition coefficient (Wildman–Crippen LogP) is 2.11. The van der Waals surface area contributed by atoms with Crippen LogP contribution in [0.4, 0.5) is 5.69 Å². The summed E-state index contributed by atoms with van der Waals surface area (Å²) in [5.41, 5.74) is 2.20. The van der Waals surface area contributed by atoms with Crippen molar-refractivity contribution in [2.75, 3.05) is 51.3 Å². The van der Waals surface area contributed by atoms with Crippen LogP contribution in [0.2, 0.25) is 0 Å². The van der Waals surface area contributed by atoms with Gasteiger partial charge in [-0.1, -0.05) is 18.2 Å². The van der Waals surface area contributed by atoms with Gasteiger partial charge in [0.25, 0.3) is 11.8 Å². The van der Waals surface area contributed by atoms with Gasteiger partial charge in [-0.15, -0.1) is 0 Å². The van der Waals surface area contributed by atoms with E-state index in [-0.39, 0.29) is 11.8 Å². The predicted molar refractivity (Wildman–Crippen MR) is 103 cm³/mol. The van der Waals surface area contributed by atoms with Gasteiger partial charge >= 0.3 is 0 Å². The fraction of sp³-hybridized carbons (Fsp3) is 0.333. The first-order chi connectivity index (χ1) is 13.2. The number of hydrogen-bond acceptors (Lipinski definition) is 5. The second-order valence-electron chi connectivity index (χ2n) is 6.84. The van der Waals surface area contributed by atoms with E-state index in [1.807, 2.05) is 12.1 Å². The highest BCUT2D eigenvalue weighted by atomic mass is 16.5. The fourth-order valence-corrected chi connectivity index (χ4v) is 3.72. The third kappa shape index (κ3) is 3.40. The van der Waals surface area contributed by atoms with E-state index in [1.54, 1.807) is 31.4 Å². The summed E-state index contributed by atoms with van der Waals surface area (Å²) in [6, 6.07) is 15.1. The fourth-order valence-electron chi connectivity index (χ4n) is 3.72. The minimum atomic E-state index is -0.175. The highest BCUT2D eigenvalue weighted by Gasteiger charge is 2.35. The summed E-state index contributed by atoms with van der Waals surface area (Å²) in [6.07, 6.45) is 0. The Morgan fingerprint density at radius 2 is 1.52 bits per heavy atom. The molecule has 4 rings (SSSR count). The van der Waals surface area contributed by atoms with Crippen molar-refractivity contribution in [3.63, 3.8) is 0 Å². The summed E-state index contributed by atoms with van der Waals surface area (Å²) < 4.78 is 5.30. The summed E-state index contributed by atoms with van der Waals surface area (Å²) in [4.78, 5) is 30.9. The lowest BCUT2D eigenvalue weighted by molar-refractivity contribution is 0.0635. The van der Waals surface area contributed by atoms with Crippen molar-refractivity contribution in [2.45, 2.75) is 0 Å². The van der Waals surface area contributed by atoms with Gasteiger partial charge in [0, 0.05) is 51.0 Å². The molecule has 0 unspecified atom stereocenters. The van der Waals surface area contributed by atoms with Crippen molar-refractivity contribution in [1.82, 2.24) is 9.80 Å². The Hall–Kier alpha value is -2.86. The molecule has 140 valence electrons. The highest BCUT2D eigenvalue weighted by Crippen LogP contribution is 2.23. The Kier molecular flexibility index (Phi) is 4.81. The van der Waals surface area contributed by atoms with Crippen LogP contribution in [0.3, 0.4) is 0 Å². The average molecular weight is 365 g/mol. The maximum Gasteiger partial charge on any atom is 0.261 e. The molecule has 2 amide bonds. The number of nitrogens with zero attached hydrogens (tertiary/aromatic N) is 3. The summed E-state index contributed by atoms with van der Waals surface area (Å²) in [7, 11) is 1.68. The van der Waals surface area contributed by atoms with E-state index in [0.717, 1.165) is 37.6 Å². The summed E-state index contributed by atoms with van der Waals surface area (Å²) >= 11 is 0. The van der Waals surface area contributed by atoms with Gasteiger partial charge < -0.3 is 9.64 Å². The first-order valence-corrected chi connectivity index (χ1v) is 9.24. The van der Waals surface area contributed by atoms with Gasteiger partial charge in [-0.05, 0) is 24.3 Å². The molecule has 0 bridgehead atoms. The molecule has 0 radical (unpaired) electrons. The highest BCUT2D eigenvalue weighted by molar-refractivity contribution is 6.21. The van der Waals surface area contributed by atoms with Crippen molar-refractivity contribution >= 4 is 17.5 Å². The second-order valence-corrected chi connectivity index (χ2v) is 6.84. The largest absolute Gasteiger partial charge is 0.497 e. The summed E-state index contributed by atoms with van der Waals surface area (Å²) in [5.74, 6) is 0.511. The van der Waals surface area contributed by atoms with Crippen LogP contribution in [-0.2, 0) is 0 Å². The third-order valence-electron chi connectivity index (χ3n) is 5.31. The lowest BCUT2D eigenvalue weighted by Crippen LogP contribution is -2.49. The zero-order chi connectivity index (χ0) is 18.8. The van der Waals surface area contributed by atoms with E-state index in [0.29, 0.717) is 24.2 Å². The third-order valence-corrected chi connectivity index (χ3v) is 5.31. The van der Waals surface area contributed by atoms with Gasteiger partial charge in [-0.3, -0.25) is 19.4 Å². The molecule has 1 saturated heterocycles. The normalized spacial score (nSPS) is 17.4. The Morgan fingerprint density at radius 1 is 0.852 bits per heavy atom. The number of carbonyl (C=O) groups excluding carboxylic acids is 2. The Balaban J connectivity index is 1.31. The van der Waals surface area contributed by atoms with Crippen LogP contribution < -0.4 is 9.64 Å². The van der Waals surface area contributed by atoms with Crippen LogP contribution in [0.5, 0.6) is 5.75 Å². The zero-order valence-corrected chi connectivity index (χ0v) is 15.4. The van der Waals surface area contributed by atoms with E-state index >= 15 is 0 Å². The lowest BCUT2D eigenvalue weighted by atomic mass is 10.1. The SMILES string of the molecule is COc1cccc(N2CCN(CCN3C(=O)c4ccccc4C3=O)CC2)c1. The van der Waals surface area contributed by atoms with E-state index in [9.17, 15) is 9.59 Å². The minimum absolute atomic E-state index is 0.175. The van der Waals surface area contributed by atoms with E-state index in [1.165, 1.54) is 4.90 Å². The molecular formula is C21H23N3O3. The molecule has 1 fully saturated rings. The average Bonchev–Trinajstić information content (AvgIpc) is 2.97. The second kappa shape index (κ2) is 7.40. The van der Waals surface area contributed by atoms with Crippen LogP contribution in [0.1, 0.15) is 20.7 Å². The number of anilines is 1. The smallest absolute Gasteiger partial charge is 0.261 e. The number of piperazine rings is 1. The van der Waals surface area contributed by atoms with Crippen LogP contribution in [0.25, 0.3) is 0 Å². The Morgan fingerprint density at radius 3 is 2.15 bits per heavy atom. The van der Waals surface area contributed by atoms with Crippen molar-refractivity contribution in [3.05, 3.63) is 59.7 Å². The number of benzene rings is 2. The van der Waals surface area contributed by atoms with Crippen molar-refractivity contribution in [3.8, 4) is 5.75 Å². The molecule has 0 N–H and O–H groups in total. The molecule has 2 heterocycles. The van der Waals surface area contributed by atoms with Crippen LogP contribution in [-0.4, -0.2) is 68.0 Å². The molecule has 27 heavy (non-hydrogen) atoms. The number of carbonyl (C=O) groups is 2. The monoisotopic (exact) mass is 365 g/mol. The molecule has 0 saturated carbocycles. The van der Waals surface area contributed by atoms with Gasteiger partial charge in [-0.2, -0.15) is 0 Å². The molecule has 6 heteroatoms. The molecule has 2 aromatic carbocycles. The molecule has 0 aromatic heterocycles. The minimum Gasteiger partial charge on any atom is -0.497 e. The number of hydrogen-bond donors (Lipinski definition) is 0. The van der Waals surface area contributed by atoms with Crippen molar-refractivity contribution in [2.24, 2.45) is 0 Å². The van der Waals surface area contributed by atoms with Gasteiger partial charge in [0.1, 0.15) is 5.75 Å². The summed E-state index contributed by atoms with van der Waals surface area (Å²) in [5, 5.41) is 0. The number of ether oxygens (including phenoxy) is 1. The maximum atomic E-state index is 12.4. The van der Waals surface area contributed by atoms with Gasteiger partial charge in [0.2, 0.25) is 0 Å². The molecule has 0 atom stereocenters. The number of imide groups is 1. The zero-order valence-electron chi connectivity index (χ0n) is 15.4. The molecule has 0 aliphatic carbocycles. The van der Waals surface area contributed by atoms with Gasteiger partial charge in [0.15, 0.2) is 0 Å². The van der Waals surface area contributed by atoms with Gasteiger partial charge in [-0.25, -0.2) is 0 Å². The molecule has 0 spiro atoms. The molecular weight excluding hydrogens is 342 g/mol. The lowest BCUT2D eigenvalue weighted by Gasteiger charge is -2.36. The first kappa shape index (κ1) is 17.5. The van der Waals surface area contributed by atoms with Crippen molar-refractivity contribution in [1.29, 1.82) is 0 Å². The van der Waals surface area contributed by atoms with Crippen LogP contribution in [0, 0.1) is 0 Å². The Labute approximate surface area is 158 Å². The van der Waals surface area contributed by atoms with Gasteiger partial charge in [0.05, 0.1) is 18.2 Å². The van der Waals surface area contributed by atoms with Crippen LogP contribution >= 0.6 is 0 Å². The van der Waals surface area contributed by atoms with E-state index < -0.39 is 0 Å². The Bertz CT molecular complexity index is 824. The van der Waals surface area contributed by atoms with E-state index in [4.69, 9.17) is 4.74 Å². The topological polar surface area (TPSA) is 53.1 Å². The van der Waals surface area contributed by atoms with Crippen LogP contribution in [0.15, 0.2) is 48.5 Å². The number of amides is 2. The first-order valence-electron chi connectivity index (χ1n) is 9.24. The molecule has 6 nitrogen and oxygen atoms in total. The van der Waals surface area contributed by atoms with E-state index in [2.05, 4.69) is 21.9 Å². The number of methoxy groups -OCH3 is 1. The molecule has 2 aliphatic rings. The number of rotatable bonds is 5. The molecule has 2 aliphatic heterocycles. The number of fused-ring (bicyclic) bond motifs is 1. The maximum absolute atomic E-state index is 12.4. The quantitative estimate of drug-likeness (QED) is 0.760.